The Morgan fingerprint density at radius 3 is 2.78 bits per heavy atom. The Balaban J connectivity index is 1.60. The highest BCUT2D eigenvalue weighted by molar-refractivity contribution is 7.16. The molecule has 0 spiro atoms. The van der Waals surface area contributed by atoms with Crippen LogP contribution in [0.2, 0.25) is 0 Å². The van der Waals surface area contributed by atoms with Crippen LogP contribution in [0.1, 0.15) is 21.1 Å². The van der Waals surface area contributed by atoms with Gasteiger partial charge < -0.3 is 0 Å². The van der Waals surface area contributed by atoms with Crippen LogP contribution >= 0.6 is 11.3 Å². The molecular weight excluding hydrogens is 362 g/mol. The highest BCUT2D eigenvalue weighted by atomic mass is 32.1. The molecule has 8 nitrogen and oxygen atoms in total. The van der Waals surface area contributed by atoms with Crippen LogP contribution in [-0.2, 0) is 0 Å². The zero-order chi connectivity index (χ0) is 18.8. The van der Waals surface area contributed by atoms with Crippen molar-refractivity contribution in [3.05, 3.63) is 65.2 Å². The van der Waals surface area contributed by atoms with E-state index in [-0.39, 0.29) is 5.91 Å². The number of pyridine rings is 2. The Morgan fingerprint density at radius 2 is 2.00 bits per heavy atom. The summed E-state index contributed by atoms with van der Waals surface area (Å²) in [5.74, 6) is -0.346. The molecule has 27 heavy (non-hydrogen) atoms. The number of thiazole rings is 1. The summed E-state index contributed by atoms with van der Waals surface area (Å²) in [6.07, 6.45) is 4.67. The number of carbonyl (C=O) groups is 1. The molecule has 0 atom stereocenters. The highest BCUT2D eigenvalue weighted by Crippen LogP contribution is 2.29. The fourth-order valence-corrected chi connectivity index (χ4v) is 3.40. The lowest BCUT2D eigenvalue weighted by molar-refractivity contribution is 0.101. The average Bonchev–Trinajstić information content (AvgIpc) is 3.29. The molecular formula is C18H15N7OS. The van der Waals surface area contributed by atoms with E-state index in [0.717, 1.165) is 22.0 Å². The lowest BCUT2D eigenvalue weighted by atomic mass is 10.2. The van der Waals surface area contributed by atoms with Gasteiger partial charge in [-0.25, -0.2) is 9.67 Å². The highest BCUT2D eigenvalue weighted by Gasteiger charge is 2.18. The van der Waals surface area contributed by atoms with E-state index in [1.54, 1.807) is 24.5 Å². The van der Waals surface area contributed by atoms with Crippen molar-refractivity contribution in [1.29, 1.82) is 0 Å². The molecule has 1 N–H and O–H groups in total. The molecule has 0 saturated carbocycles. The summed E-state index contributed by atoms with van der Waals surface area (Å²) >= 11 is 1.40. The van der Waals surface area contributed by atoms with E-state index in [1.807, 2.05) is 32.0 Å². The van der Waals surface area contributed by atoms with Gasteiger partial charge in [-0.05, 0) is 38.1 Å². The molecule has 0 bridgehead atoms. The van der Waals surface area contributed by atoms with Crippen LogP contribution in [0.15, 0.2) is 48.9 Å². The summed E-state index contributed by atoms with van der Waals surface area (Å²) in [5.41, 5.74) is 3.41. The van der Waals surface area contributed by atoms with Gasteiger partial charge in [-0.15, -0.1) is 16.4 Å². The predicted molar refractivity (Wildman–Crippen MR) is 102 cm³/mol. The van der Waals surface area contributed by atoms with E-state index in [9.17, 15) is 4.79 Å². The lowest BCUT2D eigenvalue weighted by Crippen LogP contribution is -2.17. The zero-order valence-electron chi connectivity index (χ0n) is 14.6. The summed E-state index contributed by atoms with van der Waals surface area (Å²) in [4.78, 5) is 26.8. The quantitative estimate of drug-likeness (QED) is 0.587. The second kappa shape index (κ2) is 7.04. The Morgan fingerprint density at radius 1 is 1.11 bits per heavy atom. The molecule has 0 aliphatic rings. The van der Waals surface area contributed by atoms with E-state index >= 15 is 0 Å². The van der Waals surface area contributed by atoms with E-state index in [1.165, 1.54) is 22.2 Å². The van der Waals surface area contributed by atoms with Gasteiger partial charge in [0, 0.05) is 16.8 Å². The van der Waals surface area contributed by atoms with Gasteiger partial charge >= 0.3 is 0 Å². The maximum absolute atomic E-state index is 12.7. The first-order valence-electron chi connectivity index (χ1n) is 8.16. The van der Waals surface area contributed by atoms with Crippen molar-refractivity contribution < 1.29 is 4.79 Å². The van der Waals surface area contributed by atoms with Crippen LogP contribution in [0.5, 0.6) is 0 Å². The lowest BCUT2D eigenvalue weighted by Gasteiger charge is -2.05. The van der Waals surface area contributed by atoms with Crippen molar-refractivity contribution in [2.45, 2.75) is 13.8 Å². The number of carbonyl (C=O) groups excluding carboxylic acids is 1. The maximum atomic E-state index is 12.7. The summed E-state index contributed by atoms with van der Waals surface area (Å²) in [5, 5.41) is 11.1. The number of nitrogens with zero attached hydrogens (tertiary/aromatic N) is 6. The van der Waals surface area contributed by atoms with E-state index in [2.05, 4.69) is 30.6 Å². The molecule has 134 valence electrons. The topological polar surface area (TPSA) is 98.5 Å². The van der Waals surface area contributed by atoms with Crippen molar-refractivity contribution in [1.82, 2.24) is 29.9 Å². The number of aromatic nitrogens is 6. The minimum atomic E-state index is -0.346. The first kappa shape index (κ1) is 17.0. The summed E-state index contributed by atoms with van der Waals surface area (Å²) in [6, 6.07) is 9.34. The van der Waals surface area contributed by atoms with Crippen LogP contribution < -0.4 is 5.32 Å². The number of hydrogen-bond acceptors (Lipinski definition) is 7. The third-order valence-electron chi connectivity index (χ3n) is 3.82. The van der Waals surface area contributed by atoms with Crippen LogP contribution in [0.4, 0.5) is 5.13 Å². The number of amides is 1. The van der Waals surface area contributed by atoms with Crippen molar-refractivity contribution in [3.63, 3.8) is 0 Å². The molecule has 4 aromatic heterocycles. The van der Waals surface area contributed by atoms with Crippen LogP contribution in [0.25, 0.3) is 17.1 Å². The molecule has 0 unspecified atom stereocenters. The van der Waals surface area contributed by atoms with Crippen LogP contribution in [0, 0.1) is 13.8 Å². The zero-order valence-corrected chi connectivity index (χ0v) is 15.4. The van der Waals surface area contributed by atoms with Gasteiger partial charge in [0.1, 0.15) is 5.69 Å². The SMILES string of the molecule is Cc1cccc(-c2nc(NC(=O)c3cnnn3-c3cccnc3)sc2C)n1. The van der Waals surface area contributed by atoms with Gasteiger partial charge in [0.05, 0.1) is 23.8 Å². The summed E-state index contributed by atoms with van der Waals surface area (Å²) in [6.45, 7) is 3.88. The van der Waals surface area contributed by atoms with Crippen molar-refractivity contribution in [2.24, 2.45) is 0 Å². The van der Waals surface area contributed by atoms with Crippen LogP contribution in [-0.4, -0.2) is 35.9 Å². The van der Waals surface area contributed by atoms with E-state index in [4.69, 9.17) is 0 Å². The first-order chi connectivity index (χ1) is 13.1. The predicted octanol–water partition coefficient (Wildman–Crippen LogP) is 3.05. The Hall–Kier alpha value is -3.46. The molecule has 0 fully saturated rings. The van der Waals surface area contributed by atoms with Gasteiger partial charge in [0.2, 0.25) is 0 Å². The van der Waals surface area contributed by atoms with Crippen molar-refractivity contribution in [3.8, 4) is 17.1 Å². The van der Waals surface area contributed by atoms with Gasteiger partial charge in [-0.3, -0.25) is 20.1 Å². The second-order valence-electron chi connectivity index (χ2n) is 5.78. The fraction of sp³-hybridized carbons (Fsp3) is 0.111. The second-order valence-corrected chi connectivity index (χ2v) is 6.99. The number of anilines is 1. The maximum Gasteiger partial charge on any atom is 0.277 e. The Kier molecular flexibility index (Phi) is 4.43. The molecule has 4 rings (SSSR count). The molecule has 0 aliphatic carbocycles. The van der Waals surface area contributed by atoms with Crippen LogP contribution in [0.3, 0.4) is 0 Å². The first-order valence-corrected chi connectivity index (χ1v) is 8.97. The molecule has 9 heteroatoms. The number of hydrogen-bond donors (Lipinski definition) is 1. The molecule has 1 amide bonds. The molecule has 4 aromatic rings. The van der Waals surface area contributed by atoms with Crippen molar-refractivity contribution in [2.75, 3.05) is 5.32 Å². The van der Waals surface area contributed by atoms with Gasteiger partial charge in [-0.2, -0.15) is 0 Å². The number of nitrogens with one attached hydrogen (secondary N) is 1. The van der Waals surface area contributed by atoms with Gasteiger partial charge in [0.25, 0.3) is 5.91 Å². The minimum absolute atomic E-state index is 0.297. The summed E-state index contributed by atoms with van der Waals surface area (Å²) in [7, 11) is 0. The van der Waals surface area contributed by atoms with E-state index in [0.29, 0.717) is 16.5 Å². The molecule has 4 heterocycles. The van der Waals surface area contributed by atoms with Crippen molar-refractivity contribution >= 4 is 22.4 Å². The monoisotopic (exact) mass is 377 g/mol. The molecule has 0 aliphatic heterocycles. The van der Waals surface area contributed by atoms with Gasteiger partial charge in [0.15, 0.2) is 10.8 Å². The largest absolute Gasteiger partial charge is 0.296 e. The molecule has 0 saturated heterocycles. The number of aryl methyl sites for hydroxylation is 2. The smallest absolute Gasteiger partial charge is 0.277 e. The standard InChI is InChI=1S/C18H15N7OS/c1-11-5-3-7-14(21-11)16-12(2)27-18(22-16)23-17(26)15-10-20-24-25(15)13-6-4-8-19-9-13/h3-10H,1-2H3,(H,22,23,26). The normalized spacial score (nSPS) is 10.7. The third-order valence-corrected chi connectivity index (χ3v) is 4.71. The summed E-state index contributed by atoms with van der Waals surface area (Å²) < 4.78 is 1.44. The average molecular weight is 377 g/mol. The number of rotatable bonds is 4. The third kappa shape index (κ3) is 3.44. The Labute approximate surface area is 159 Å². The molecule has 0 aromatic carbocycles. The fourth-order valence-electron chi connectivity index (χ4n) is 2.58. The van der Waals surface area contributed by atoms with Gasteiger partial charge in [-0.1, -0.05) is 11.3 Å². The minimum Gasteiger partial charge on any atom is -0.296 e. The Bertz CT molecular complexity index is 1100. The molecule has 0 radical (unpaired) electrons. The van der Waals surface area contributed by atoms with E-state index < -0.39 is 0 Å².